The summed E-state index contributed by atoms with van der Waals surface area (Å²) in [7, 11) is 4.65. The van der Waals surface area contributed by atoms with E-state index >= 15 is 0 Å². The van der Waals surface area contributed by atoms with Crippen LogP contribution < -0.4 is 19.9 Å². The van der Waals surface area contributed by atoms with Gasteiger partial charge in [-0.05, 0) is 6.07 Å². The molecule has 0 spiro atoms. The van der Waals surface area contributed by atoms with E-state index in [2.05, 4.69) is 0 Å². The lowest BCUT2D eigenvalue weighted by Gasteiger charge is -2.12. The van der Waals surface area contributed by atoms with E-state index in [1.807, 2.05) is 0 Å². The first-order chi connectivity index (χ1) is 7.13. The summed E-state index contributed by atoms with van der Waals surface area (Å²) in [6.07, 6.45) is 0. The molecule has 1 rings (SSSR count). The Balaban J connectivity index is 3.34. The second-order valence-corrected chi connectivity index (χ2v) is 3.21. The summed E-state index contributed by atoms with van der Waals surface area (Å²) in [4.78, 5) is 0.257. The van der Waals surface area contributed by atoms with Crippen LogP contribution in [-0.4, -0.2) is 26.3 Å². The van der Waals surface area contributed by atoms with Gasteiger partial charge in [-0.2, -0.15) is 0 Å². The van der Waals surface area contributed by atoms with Gasteiger partial charge in [0.05, 0.1) is 26.9 Å². The second kappa shape index (κ2) is 4.84. The smallest absolute Gasteiger partial charge is 0.164 e. The summed E-state index contributed by atoms with van der Waals surface area (Å²) < 4.78 is 15.4. The molecule has 0 saturated carbocycles. The van der Waals surface area contributed by atoms with Crippen molar-refractivity contribution in [2.75, 3.05) is 21.3 Å². The molecule has 0 aromatic heterocycles. The fourth-order valence-corrected chi connectivity index (χ4v) is 1.38. The number of nitrogens with two attached hydrogens (primary N) is 1. The molecule has 0 aliphatic rings. The topological polar surface area (TPSA) is 53.7 Å². The zero-order valence-corrected chi connectivity index (χ0v) is 9.68. The quantitative estimate of drug-likeness (QED) is 0.787. The normalized spacial score (nSPS) is 9.53. The number of rotatable bonds is 4. The molecule has 4 nitrogen and oxygen atoms in total. The van der Waals surface area contributed by atoms with E-state index < -0.39 is 0 Å². The molecule has 15 heavy (non-hydrogen) atoms. The van der Waals surface area contributed by atoms with Crippen molar-refractivity contribution in [1.29, 1.82) is 0 Å². The van der Waals surface area contributed by atoms with Crippen LogP contribution in [0.1, 0.15) is 5.56 Å². The van der Waals surface area contributed by atoms with Crippen molar-refractivity contribution in [3.8, 4) is 17.2 Å². The molecule has 0 bridgehead atoms. The monoisotopic (exact) mass is 227 g/mol. The summed E-state index contributed by atoms with van der Waals surface area (Å²) in [5.41, 5.74) is 6.19. The van der Waals surface area contributed by atoms with E-state index in [1.54, 1.807) is 33.5 Å². The molecule has 0 saturated heterocycles. The maximum absolute atomic E-state index is 5.56. The molecule has 1 aromatic carbocycles. The minimum absolute atomic E-state index is 0.257. The molecule has 0 aliphatic heterocycles. The number of hydrogen-bond donors (Lipinski definition) is 1. The zero-order chi connectivity index (χ0) is 11.4. The highest BCUT2D eigenvalue weighted by Crippen LogP contribution is 2.34. The van der Waals surface area contributed by atoms with Crippen molar-refractivity contribution in [3.05, 3.63) is 17.7 Å². The van der Waals surface area contributed by atoms with Gasteiger partial charge in [-0.15, -0.1) is 0 Å². The molecule has 2 N–H and O–H groups in total. The van der Waals surface area contributed by atoms with Gasteiger partial charge in [0.25, 0.3) is 0 Å². The van der Waals surface area contributed by atoms with Crippen LogP contribution in [0.5, 0.6) is 17.2 Å². The molecule has 0 amide bonds. The van der Waals surface area contributed by atoms with Gasteiger partial charge in [0, 0.05) is 6.07 Å². The Bertz CT molecular complexity index is 379. The molecule has 0 unspecified atom stereocenters. The average Bonchev–Trinajstić information content (AvgIpc) is 2.26. The molecule has 0 atom stereocenters. The first kappa shape index (κ1) is 11.6. The first-order valence-corrected chi connectivity index (χ1v) is 4.64. The van der Waals surface area contributed by atoms with Crippen molar-refractivity contribution in [2.24, 2.45) is 5.73 Å². The van der Waals surface area contributed by atoms with Crippen LogP contribution in [0.3, 0.4) is 0 Å². The van der Waals surface area contributed by atoms with Crippen LogP contribution in [0.2, 0.25) is 0 Å². The fraction of sp³-hybridized carbons (Fsp3) is 0.300. The summed E-state index contributed by atoms with van der Waals surface area (Å²) in [5.74, 6) is 1.72. The van der Waals surface area contributed by atoms with Gasteiger partial charge >= 0.3 is 0 Å². The number of methoxy groups -OCH3 is 3. The van der Waals surface area contributed by atoms with Gasteiger partial charge in [0.1, 0.15) is 10.7 Å². The fourth-order valence-electron chi connectivity index (χ4n) is 1.22. The summed E-state index contributed by atoms with van der Waals surface area (Å²) in [5, 5.41) is 0. The van der Waals surface area contributed by atoms with Gasteiger partial charge in [-0.1, -0.05) is 12.2 Å². The van der Waals surface area contributed by atoms with Crippen molar-refractivity contribution >= 4 is 17.2 Å². The number of hydrogen-bond acceptors (Lipinski definition) is 4. The van der Waals surface area contributed by atoms with E-state index in [0.717, 1.165) is 0 Å². The number of benzene rings is 1. The third-order valence-electron chi connectivity index (χ3n) is 1.97. The molecule has 1 aromatic rings. The Morgan fingerprint density at radius 3 is 1.87 bits per heavy atom. The first-order valence-electron chi connectivity index (χ1n) is 4.23. The van der Waals surface area contributed by atoms with Gasteiger partial charge in [-0.3, -0.25) is 0 Å². The molecular weight excluding hydrogens is 214 g/mol. The van der Waals surface area contributed by atoms with Gasteiger partial charge in [0.15, 0.2) is 11.5 Å². The van der Waals surface area contributed by atoms with E-state index in [4.69, 9.17) is 32.2 Å². The van der Waals surface area contributed by atoms with Gasteiger partial charge in [0.2, 0.25) is 0 Å². The van der Waals surface area contributed by atoms with E-state index in [0.29, 0.717) is 22.8 Å². The second-order valence-electron chi connectivity index (χ2n) is 2.77. The molecule has 0 fully saturated rings. The Labute approximate surface area is 93.9 Å². The van der Waals surface area contributed by atoms with Crippen LogP contribution in [0.4, 0.5) is 0 Å². The largest absolute Gasteiger partial charge is 0.496 e. The highest BCUT2D eigenvalue weighted by molar-refractivity contribution is 7.80. The Hall–Kier alpha value is -1.49. The molecule has 0 radical (unpaired) electrons. The maximum Gasteiger partial charge on any atom is 0.164 e. The average molecular weight is 227 g/mol. The Kier molecular flexibility index (Phi) is 3.74. The van der Waals surface area contributed by atoms with Crippen molar-refractivity contribution in [1.82, 2.24) is 0 Å². The Morgan fingerprint density at radius 2 is 1.47 bits per heavy atom. The SMILES string of the molecule is COc1cc(OC)c(C(N)=S)cc1OC. The van der Waals surface area contributed by atoms with Crippen LogP contribution in [0, 0.1) is 0 Å². The Morgan fingerprint density at radius 1 is 1.00 bits per heavy atom. The zero-order valence-electron chi connectivity index (χ0n) is 8.87. The van der Waals surface area contributed by atoms with E-state index in [-0.39, 0.29) is 4.99 Å². The predicted octanol–water partition coefficient (Wildman–Crippen LogP) is 1.35. The lowest BCUT2D eigenvalue weighted by molar-refractivity contribution is 0.349. The molecule has 5 heteroatoms. The third kappa shape index (κ3) is 2.30. The summed E-state index contributed by atoms with van der Waals surface area (Å²) in [6, 6.07) is 3.38. The summed E-state index contributed by atoms with van der Waals surface area (Å²) in [6.45, 7) is 0. The maximum atomic E-state index is 5.56. The molecule has 82 valence electrons. The van der Waals surface area contributed by atoms with Crippen molar-refractivity contribution in [3.63, 3.8) is 0 Å². The van der Waals surface area contributed by atoms with Crippen LogP contribution in [0.15, 0.2) is 12.1 Å². The number of thiocarbonyl (C=S) groups is 1. The summed E-state index contributed by atoms with van der Waals surface area (Å²) >= 11 is 4.90. The predicted molar refractivity (Wildman–Crippen MR) is 62.0 cm³/mol. The molecule has 0 heterocycles. The minimum Gasteiger partial charge on any atom is -0.496 e. The highest BCUT2D eigenvalue weighted by Gasteiger charge is 2.12. The van der Waals surface area contributed by atoms with Crippen LogP contribution in [-0.2, 0) is 0 Å². The van der Waals surface area contributed by atoms with E-state index in [9.17, 15) is 0 Å². The van der Waals surface area contributed by atoms with E-state index in [1.165, 1.54) is 0 Å². The van der Waals surface area contributed by atoms with Crippen LogP contribution in [0.25, 0.3) is 0 Å². The van der Waals surface area contributed by atoms with Gasteiger partial charge in [-0.25, -0.2) is 0 Å². The third-order valence-corrected chi connectivity index (χ3v) is 2.19. The minimum atomic E-state index is 0.257. The van der Waals surface area contributed by atoms with Crippen molar-refractivity contribution in [2.45, 2.75) is 0 Å². The van der Waals surface area contributed by atoms with Crippen molar-refractivity contribution < 1.29 is 14.2 Å². The van der Waals surface area contributed by atoms with Gasteiger partial charge < -0.3 is 19.9 Å². The number of ether oxygens (including phenoxy) is 3. The lowest BCUT2D eigenvalue weighted by Crippen LogP contribution is -2.11. The highest BCUT2D eigenvalue weighted by atomic mass is 32.1. The molecule has 0 aliphatic carbocycles. The van der Waals surface area contributed by atoms with Crippen LogP contribution >= 0.6 is 12.2 Å². The standard InChI is InChI=1S/C10H13NO3S/c1-12-7-5-9(14-3)8(13-2)4-6(7)10(11)15/h4-5H,1-3H3,(H2,11,15). The molecular formula is C10H13NO3S. The lowest BCUT2D eigenvalue weighted by atomic mass is 10.1.